The molecule has 5 heteroatoms. The van der Waals surface area contributed by atoms with Gasteiger partial charge in [-0.2, -0.15) is 12.6 Å². The standard InChI is InChI=1S/C10H8BrNO2S/c11-7-1-2-8-6(3-4-14-8)10(7)12-9(13)5-15/h1-4,15H,5H2,(H,12,13). The van der Waals surface area contributed by atoms with Crippen molar-refractivity contribution >= 4 is 51.1 Å². The molecule has 0 atom stereocenters. The molecule has 2 aromatic rings. The molecule has 0 unspecified atom stereocenters. The Bertz CT molecular complexity index is 509. The van der Waals surface area contributed by atoms with Gasteiger partial charge in [0, 0.05) is 9.86 Å². The number of halogens is 1. The van der Waals surface area contributed by atoms with Crippen molar-refractivity contribution in [2.45, 2.75) is 0 Å². The van der Waals surface area contributed by atoms with Crippen molar-refractivity contribution < 1.29 is 9.21 Å². The van der Waals surface area contributed by atoms with Gasteiger partial charge in [-0.05, 0) is 34.1 Å². The van der Waals surface area contributed by atoms with Crippen molar-refractivity contribution in [2.24, 2.45) is 0 Å². The smallest absolute Gasteiger partial charge is 0.234 e. The monoisotopic (exact) mass is 285 g/mol. The van der Waals surface area contributed by atoms with Gasteiger partial charge in [0.05, 0.1) is 17.7 Å². The second-order valence-corrected chi connectivity index (χ2v) is 4.13. The summed E-state index contributed by atoms with van der Waals surface area (Å²) in [6.07, 6.45) is 1.59. The number of carbonyl (C=O) groups excluding carboxylic acids is 1. The van der Waals surface area contributed by atoms with E-state index in [-0.39, 0.29) is 11.7 Å². The van der Waals surface area contributed by atoms with E-state index in [1.807, 2.05) is 18.2 Å². The minimum absolute atomic E-state index is 0.146. The number of benzene rings is 1. The van der Waals surface area contributed by atoms with Gasteiger partial charge in [0.25, 0.3) is 0 Å². The van der Waals surface area contributed by atoms with Crippen LogP contribution in [0.1, 0.15) is 0 Å². The number of nitrogens with one attached hydrogen (secondary N) is 1. The Morgan fingerprint density at radius 1 is 1.47 bits per heavy atom. The predicted octanol–water partition coefficient (Wildman–Crippen LogP) is 3.06. The van der Waals surface area contributed by atoms with Gasteiger partial charge in [-0.1, -0.05) is 0 Å². The number of rotatable bonds is 2. The lowest BCUT2D eigenvalue weighted by molar-refractivity contribution is -0.113. The molecular formula is C10H8BrNO2S. The van der Waals surface area contributed by atoms with Crippen LogP contribution in [0.2, 0.25) is 0 Å². The Morgan fingerprint density at radius 3 is 3.00 bits per heavy atom. The van der Waals surface area contributed by atoms with Crippen LogP contribution in [0, 0.1) is 0 Å². The third kappa shape index (κ3) is 2.03. The van der Waals surface area contributed by atoms with E-state index in [1.54, 1.807) is 6.26 Å². The molecule has 0 radical (unpaired) electrons. The van der Waals surface area contributed by atoms with Gasteiger partial charge in [-0.25, -0.2) is 0 Å². The Kier molecular flexibility index (Phi) is 3.02. The highest BCUT2D eigenvalue weighted by molar-refractivity contribution is 9.10. The molecule has 1 N–H and O–H groups in total. The van der Waals surface area contributed by atoms with E-state index in [9.17, 15) is 4.79 Å². The van der Waals surface area contributed by atoms with Gasteiger partial charge in [0.2, 0.25) is 5.91 Å². The summed E-state index contributed by atoms with van der Waals surface area (Å²) in [5.74, 6) is 0.00783. The number of fused-ring (bicyclic) bond motifs is 1. The van der Waals surface area contributed by atoms with Crippen LogP contribution in [0.3, 0.4) is 0 Å². The van der Waals surface area contributed by atoms with E-state index in [0.29, 0.717) is 0 Å². The van der Waals surface area contributed by atoms with E-state index >= 15 is 0 Å². The number of furan rings is 1. The molecule has 1 aromatic heterocycles. The minimum Gasteiger partial charge on any atom is -0.464 e. The molecule has 0 saturated carbocycles. The summed E-state index contributed by atoms with van der Waals surface area (Å²) in [6.45, 7) is 0. The highest BCUT2D eigenvalue weighted by Crippen LogP contribution is 2.32. The topological polar surface area (TPSA) is 42.2 Å². The van der Waals surface area contributed by atoms with Crippen LogP contribution in [0.25, 0.3) is 11.0 Å². The lowest BCUT2D eigenvalue weighted by Gasteiger charge is -2.06. The number of amides is 1. The Morgan fingerprint density at radius 2 is 2.27 bits per heavy atom. The molecule has 0 aliphatic heterocycles. The highest BCUT2D eigenvalue weighted by atomic mass is 79.9. The fraction of sp³-hybridized carbons (Fsp3) is 0.100. The van der Waals surface area contributed by atoms with Crippen LogP contribution in [-0.2, 0) is 4.79 Å². The average Bonchev–Trinajstić information content (AvgIpc) is 2.70. The van der Waals surface area contributed by atoms with Gasteiger partial charge < -0.3 is 9.73 Å². The summed E-state index contributed by atoms with van der Waals surface area (Å²) < 4.78 is 6.06. The van der Waals surface area contributed by atoms with Crippen LogP contribution >= 0.6 is 28.6 Å². The highest BCUT2D eigenvalue weighted by Gasteiger charge is 2.09. The van der Waals surface area contributed by atoms with Crippen molar-refractivity contribution in [3.05, 3.63) is 28.9 Å². The van der Waals surface area contributed by atoms with Gasteiger partial charge >= 0.3 is 0 Å². The molecule has 1 amide bonds. The van der Waals surface area contributed by atoms with Crippen LogP contribution in [0.5, 0.6) is 0 Å². The molecule has 1 heterocycles. The number of hydrogen-bond donors (Lipinski definition) is 2. The number of carbonyl (C=O) groups is 1. The first-order chi connectivity index (χ1) is 7.22. The van der Waals surface area contributed by atoms with Crippen molar-refractivity contribution in [3.8, 4) is 0 Å². The molecule has 78 valence electrons. The minimum atomic E-state index is -0.146. The van der Waals surface area contributed by atoms with Gasteiger partial charge in [-0.3, -0.25) is 4.79 Å². The summed E-state index contributed by atoms with van der Waals surface area (Å²) in [5.41, 5.74) is 1.47. The van der Waals surface area contributed by atoms with E-state index in [1.165, 1.54) is 0 Å². The maximum atomic E-state index is 11.3. The quantitative estimate of drug-likeness (QED) is 0.833. The molecule has 2 rings (SSSR count). The van der Waals surface area contributed by atoms with Gasteiger partial charge in [-0.15, -0.1) is 0 Å². The molecule has 15 heavy (non-hydrogen) atoms. The normalized spacial score (nSPS) is 10.5. The molecule has 0 spiro atoms. The first-order valence-electron chi connectivity index (χ1n) is 4.29. The first-order valence-corrected chi connectivity index (χ1v) is 5.71. The maximum absolute atomic E-state index is 11.3. The van der Waals surface area contributed by atoms with Gasteiger partial charge in [0.1, 0.15) is 5.58 Å². The molecule has 0 saturated heterocycles. The van der Waals surface area contributed by atoms with Crippen molar-refractivity contribution in [1.82, 2.24) is 0 Å². The lowest BCUT2D eigenvalue weighted by atomic mass is 10.2. The van der Waals surface area contributed by atoms with Crippen LogP contribution in [0.15, 0.2) is 33.4 Å². The summed E-state index contributed by atoms with van der Waals surface area (Å²) in [5, 5.41) is 3.64. The fourth-order valence-corrected chi connectivity index (χ4v) is 1.85. The molecule has 1 aromatic carbocycles. The van der Waals surface area contributed by atoms with Crippen LogP contribution in [-0.4, -0.2) is 11.7 Å². The largest absolute Gasteiger partial charge is 0.464 e. The molecule has 0 aliphatic carbocycles. The second kappa shape index (κ2) is 4.28. The van der Waals surface area contributed by atoms with Gasteiger partial charge in [0.15, 0.2) is 0 Å². The SMILES string of the molecule is O=C(CS)Nc1c(Br)ccc2occc12. The number of thiol groups is 1. The average molecular weight is 286 g/mol. The van der Waals surface area contributed by atoms with E-state index < -0.39 is 0 Å². The zero-order valence-electron chi connectivity index (χ0n) is 7.66. The summed E-state index contributed by atoms with van der Waals surface area (Å²) in [6, 6.07) is 5.49. The summed E-state index contributed by atoms with van der Waals surface area (Å²) in [7, 11) is 0. The fourth-order valence-electron chi connectivity index (χ4n) is 1.32. The number of hydrogen-bond acceptors (Lipinski definition) is 3. The molecule has 0 aliphatic rings. The predicted molar refractivity (Wildman–Crippen MR) is 66.4 cm³/mol. The lowest BCUT2D eigenvalue weighted by Crippen LogP contribution is -2.13. The summed E-state index contributed by atoms with van der Waals surface area (Å²) >= 11 is 7.29. The van der Waals surface area contributed by atoms with E-state index in [0.717, 1.165) is 21.1 Å². The van der Waals surface area contributed by atoms with E-state index in [4.69, 9.17) is 4.42 Å². The Labute approximate surface area is 100 Å². The third-order valence-corrected chi connectivity index (χ3v) is 2.94. The van der Waals surface area contributed by atoms with Crippen molar-refractivity contribution in [3.63, 3.8) is 0 Å². The van der Waals surface area contributed by atoms with Crippen molar-refractivity contribution in [1.29, 1.82) is 0 Å². The zero-order chi connectivity index (χ0) is 10.8. The molecule has 0 fully saturated rings. The van der Waals surface area contributed by atoms with Crippen molar-refractivity contribution in [2.75, 3.05) is 11.1 Å². The maximum Gasteiger partial charge on any atom is 0.234 e. The molecule has 3 nitrogen and oxygen atoms in total. The Balaban J connectivity index is 2.51. The molecular weight excluding hydrogens is 278 g/mol. The molecule has 0 bridgehead atoms. The first kappa shape index (κ1) is 10.6. The zero-order valence-corrected chi connectivity index (χ0v) is 10.1. The van der Waals surface area contributed by atoms with Crippen LogP contribution < -0.4 is 5.32 Å². The third-order valence-electron chi connectivity index (χ3n) is 1.99. The number of anilines is 1. The van der Waals surface area contributed by atoms with Crippen LogP contribution in [0.4, 0.5) is 5.69 Å². The Hall–Kier alpha value is -0.940. The second-order valence-electron chi connectivity index (χ2n) is 2.96. The summed E-state index contributed by atoms with van der Waals surface area (Å²) in [4.78, 5) is 11.3. The van der Waals surface area contributed by atoms with E-state index in [2.05, 4.69) is 33.9 Å².